The summed E-state index contributed by atoms with van der Waals surface area (Å²) in [6.07, 6.45) is 0. The van der Waals surface area contributed by atoms with E-state index < -0.39 is 11.7 Å². The molecule has 1 amide bonds. The van der Waals surface area contributed by atoms with E-state index >= 15 is 0 Å². The van der Waals surface area contributed by atoms with Gasteiger partial charge in [0.25, 0.3) is 5.91 Å². The molecule has 2 aromatic carbocycles. The van der Waals surface area contributed by atoms with Crippen LogP contribution < -0.4 is 10.1 Å². The molecule has 2 heterocycles. The monoisotopic (exact) mass is 531 g/mol. The van der Waals surface area contributed by atoms with Crippen molar-refractivity contribution >= 4 is 39.1 Å². The molecule has 4 aromatic rings. The minimum atomic E-state index is -0.420. The number of ether oxygens (including phenoxy) is 1. The fourth-order valence-electron chi connectivity index (χ4n) is 3.33. The Labute approximate surface area is 203 Å². The van der Waals surface area contributed by atoms with E-state index in [1.807, 2.05) is 24.3 Å². The average Bonchev–Trinajstić information content (AvgIpc) is 3.36. The van der Waals surface area contributed by atoms with E-state index in [9.17, 15) is 9.18 Å². The number of para-hydroxylation sites is 1. The third kappa shape index (κ3) is 5.12. The van der Waals surface area contributed by atoms with Gasteiger partial charge in [-0.3, -0.25) is 9.48 Å². The van der Waals surface area contributed by atoms with Gasteiger partial charge in [0.2, 0.25) is 0 Å². The van der Waals surface area contributed by atoms with Crippen LogP contribution in [-0.4, -0.2) is 15.7 Å². The standard InChI is InChI=1S/C24H20BrClFN3O3/c1-14-23(15(2)30(29-14)12-17-19(26)7-5-8-20(17)27)28-24(31)22-11-10-16(33-22)13-32-21-9-4-3-6-18(21)25/h3-11H,12-13H2,1-2H3,(H,28,31). The fourth-order valence-corrected chi connectivity index (χ4v) is 3.95. The van der Waals surface area contributed by atoms with E-state index in [1.165, 1.54) is 6.07 Å². The highest BCUT2D eigenvalue weighted by Crippen LogP contribution is 2.26. The lowest BCUT2D eigenvalue weighted by molar-refractivity contribution is 0.0992. The highest BCUT2D eigenvalue weighted by atomic mass is 79.9. The highest BCUT2D eigenvalue weighted by molar-refractivity contribution is 9.10. The fraction of sp³-hybridized carbons (Fsp3) is 0.167. The van der Waals surface area contributed by atoms with Gasteiger partial charge in [-0.25, -0.2) is 4.39 Å². The van der Waals surface area contributed by atoms with Gasteiger partial charge in [0, 0.05) is 10.6 Å². The SMILES string of the molecule is Cc1nn(Cc2c(F)cccc2Cl)c(C)c1NC(=O)c1ccc(COc2ccccc2Br)o1. The second kappa shape index (κ2) is 9.80. The summed E-state index contributed by atoms with van der Waals surface area (Å²) in [5.41, 5.74) is 2.14. The molecule has 0 bridgehead atoms. The Bertz CT molecular complexity index is 1300. The molecule has 33 heavy (non-hydrogen) atoms. The van der Waals surface area contributed by atoms with Crippen molar-refractivity contribution in [1.82, 2.24) is 9.78 Å². The third-order valence-corrected chi connectivity index (χ3v) is 6.09. The zero-order valence-electron chi connectivity index (χ0n) is 17.9. The maximum Gasteiger partial charge on any atom is 0.291 e. The van der Waals surface area contributed by atoms with Crippen LogP contribution in [0.15, 0.2) is 63.5 Å². The maximum absolute atomic E-state index is 14.2. The summed E-state index contributed by atoms with van der Waals surface area (Å²) >= 11 is 9.57. The highest BCUT2D eigenvalue weighted by Gasteiger charge is 2.19. The van der Waals surface area contributed by atoms with Crippen LogP contribution in [0.5, 0.6) is 5.75 Å². The number of aryl methyl sites for hydroxylation is 1. The van der Waals surface area contributed by atoms with E-state index in [1.54, 1.807) is 42.8 Å². The topological polar surface area (TPSA) is 69.3 Å². The van der Waals surface area contributed by atoms with Crippen LogP contribution in [-0.2, 0) is 13.2 Å². The van der Waals surface area contributed by atoms with Gasteiger partial charge in [0.1, 0.15) is 23.9 Å². The molecule has 6 nitrogen and oxygen atoms in total. The van der Waals surface area contributed by atoms with E-state index in [0.717, 1.165) is 4.47 Å². The van der Waals surface area contributed by atoms with Crippen molar-refractivity contribution in [1.29, 1.82) is 0 Å². The van der Waals surface area contributed by atoms with Crippen LogP contribution in [0.1, 0.15) is 33.3 Å². The van der Waals surface area contributed by atoms with Crippen molar-refractivity contribution in [3.63, 3.8) is 0 Å². The molecule has 4 rings (SSSR count). The Hall–Kier alpha value is -3.10. The van der Waals surface area contributed by atoms with Gasteiger partial charge in [0.05, 0.1) is 28.1 Å². The number of anilines is 1. The van der Waals surface area contributed by atoms with Gasteiger partial charge in [0.15, 0.2) is 5.76 Å². The first-order valence-electron chi connectivity index (χ1n) is 10.1. The van der Waals surface area contributed by atoms with Crippen molar-refractivity contribution in [3.05, 3.63) is 98.4 Å². The minimum absolute atomic E-state index is 0.143. The molecule has 0 radical (unpaired) electrons. The molecular weight excluding hydrogens is 513 g/mol. The number of rotatable bonds is 7. The van der Waals surface area contributed by atoms with E-state index in [-0.39, 0.29) is 18.9 Å². The summed E-state index contributed by atoms with van der Waals surface area (Å²) in [4.78, 5) is 12.8. The molecule has 9 heteroatoms. The molecule has 0 fully saturated rings. The van der Waals surface area contributed by atoms with Gasteiger partial charge in [-0.15, -0.1) is 0 Å². The average molecular weight is 533 g/mol. The first-order valence-corrected chi connectivity index (χ1v) is 11.2. The van der Waals surface area contributed by atoms with E-state index in [4.69, 9.17) is 20.8 Å². The zero-order chi connectivity index (χ0) is 23.5. The third-order valence-electron chi connectivity index (χ3n) is 5.08. The quantitative estimate of drug-likeness (QED) is 0.294. The molecule has 0 aliphatic rings. The Morgan fingerprint density at radius 2 is 1.97 bits per heavy atom. The zero-order valence-corrected chi connectivity index (χ0v) is 20.2. The number of hydrogen-bond donors (Lipinski definition) is 1. The summed E-state index contributed by atoms with van der Waals surface area (Å²) in [6.45, 7) is 3.88. The number of furan rings is 1. The number of nitrogens with one attached hydrogen (secondary N) is 1. The minimum Gasteiger partial charge on any atom is -0.484 e. The Balaban J connectivity index is 1.45. The molecule has 1 N–H and O–H groups in total. The number of carbonyl (C=O) groups excluding carboxylic acids is 1. The van der Waals surface area contributed by atoms with Gasteiger partial charge in [-0.2, -0.15) is 5.10 Å². The second-order valence-corrected chi connectivity index (χ2v) is 8.60. The molecule has 0 saturated carbocycles. The number of nitrogens with zero attached hydrogens (tertiary/aromatic N) is 2. The van der Waals surface area contributed by atoms with Crippen LogP contribution in [0.4, 0.5) is 10.1 Å². The maximum atomic E-state index is 14.2. The van der Waals surface area contributed by atoms with Crippen LogP contribution in [0, 0.1) is 19.7 Å². The number of hydrogen-bond acceptors (Lipinski definition) is 4. The summed E-state index contributed by atoms with van der Waals surface area (Å²) in [7, 11) is 0. The lowest BCUT2D eigenvalue weighted by atomic mass is 10.2. The van der Waals surface area contributed by atoms with Crippen molar-refractivity contribution in [2.45, 2.75) is 27.0 Å². The van der Waals surface area contributed by atoms with Crippen molar-refractivity contribution in [2.75, 3.05) is 5.32 Å². The molecule has 0 atom stereocenters. The van der Waals surface area contributed by atoms with Crippen molar-refractivity contribution < 1.29 is 18.3 Å². The number of benzene rings is 2. The van der Waals surface area contributed by atoms with E-state index in [2.05, 4.69) is 26.3 Å². The van der Waals surface area contributed by atoms with Gasteiger partial charge >= 0.3 is 0 Å². The molecule has 0 aliphatic heterocycles. The van der Waals surface area contributed by atoms with Gasteiger partial charge in [-0.05, 0) is 66.2 Å². The van der Waals surface area contributed by atoms with Crippen molar-refractivity contribution in [3.8, 4) is 5.75 Å². The number of amides is 1. The predicted octanol–water partition coefficient (Wildman–Crippen LogP) is 6.53. The van der Waals surface area contributed by atoms with Crippen LogP contribution >= 0.6 is 27.5 Å². The molecule has 0 unspecified atom stereocenters. The van der Waals surface area contributed by atoms with Gasteiger partial charge in [-0.1, -0.05) is 29.8 Å². The Kier molecular flexibility index (Phi) is 6.85. The Morgan fingerprint density at radius 3 is 2.73 bits per heavy atom. The smallest absolute Gasteiger partial charge is 0.291 e. The first kappa shape index (κ1) is 23.1. The predicted molar refractivity (Wildman–Crippen MR) is 127 cm³/mol. The van der Waals surface area contributed by atoms with E-state index in [0.29, 0.717) is 39.2 Å². The normalized spacial score (nSPS) is 10.9. The molecule has 0 aliphatic carbocycles. The molecular formula is C24H20BrClFN3O3. The summed E-state index contributed by atoms with van der Waals surface area (Å²) < 4.78 is 28.0. The van der Waals surface area contributed by atoms with Crippen LogP contribution in [0.3, 0.4) is 0 Å². The molecule has 0 saturated heterocycles. The number of halogens is 3. The summed E-state index contributed by atoms with van der Waals surface area (Å²) in [5, 5.41) is 7.59. The number of carbonyl (C=O) groups is 1. The second-order valence-electron chi connectivity index (χ2n) is 7.34. The number of aromatic nitrogens is 2. The lowest BCUT2D eigenvalue weighted by Crippen LogP contribution is -2.13. The summed E-state index contributed by atoms with van der Waals surface area (Å²) in [6, 6.07) is 15.3. The Morgan fingerprint density at radius 1 is 1.18 bits per heavy atom. The molecule has 0 spiro atoms. The van der Waals surface area contributed by atoms with Crippen molar-refractivity contribution in [2.24, 2.45) is 0 Å². The van der Waals surface area contributed by atoms with Crippen LogP contribution in [0.2, 0.25) is 5.02 Å². The van der Waals surface area contributed by atoms with Gasteiger partial charge < -0.3 is 14.5 Å². The summed E-state index contributed by atoms with van der Waals surface area (Å²) in [5.74, 6) is 0.498. The molecule has 2 aromatic heterocycles. The molecule has 170 valence electrons. The first-order chi connectivity index (χ1) is 15.8. The largest absolute Gasteiger partial charge is 0.484 e. The van der Waals surface area contributed by atoms with Crippen LogP contribution in [0.25, 0.3) is 0 Å². The lowest BCUT2D eigenvalue weighted by Gasteiger charge is -2.09.